The summed E-state index contributed by atoms with van der Waals surface area (Å²) >= 11 is 1.47. The number of ether oxygens (including phenoxy) is 2. The van der Waals surface area contributed by atoms with Crippen molar-refractivity contribution in [2.24, 2.45) is 5.92 Å². The van der Waals surface area contributed by atoms with Crippen LogP contribution >= 0.6 is 11.3 Å². The van der Waals surface area contributed by atoms with Crippen LogP contribution < -0.4 is 25.0 Å². The Morgan fingerprint density at radius 3 is 2.46 bits per heavy atom. The molecule has 1 saturated heterocycles. The van der Waals surface area contributed by atoms with Crippen LogP contribution in [0.15, 0.2) is 67.1 Å². The van der Waals surface area contributed by atoms with E-state index in [1.807, 2.05) is 26.0 Å². The zero-order chi connectivity index (χ0) is 32.2. The third-order valence-corrected chi connectivity index (χ3v) is 8.10. The molecule has 1 aliphatic heterocycles. The van der Waals surface area contributed by atoms with Gasteiger partial charge in [0.15, 0.2) is 10.9 Å². The topological polar surface area (TPSA) is 136 Å². The van der Waals surface area contributed by atoms with Crippen LogP contribution in [0, 0.1) is 11.7 Å². The van der Waals surface area contributed by atoms with Crippen LogP contribution in [0.3, 0.4) is 0 Å². The summed E-state index contributed by atoms with van der Waals surface area (Å²) in [6.07, 6.45) is 6.66. The maximum absolute atomic E-state index is 14.9. The fraction of sp³-hybridized carbons (Fsp3) is 0.250. The van der Waals surface area contributed by atoms with Gasteiger partial charge in [0.1, 0.15) is 23.0 Å². The highest BCUT2D eigenvalue weighted by atomic mass is 32.1. The smallest absolute Gasteiger partial charge is 0.324 e. The molecule has 236 valence electrons. The summed E-state index contributed by atoms with van der Waals surface area (Å²) in [6.45, 7) is 4.80. The van der Waals surface area contributed by atoms with Gasteiger partial charge in [-0.3, -0.25) is 15.0 Å². The fourth-order valence-corrected chi connectivity index (χ4v) is 5.85. The van der Waals surface area contributed by atoms with E-state index in [0.29, 0.717) is 59.1 Å². The van der Waals surface area contributed by atoms with E-state index >= 15 is 0 Å². The average Bonchev–Trinajstić information content (AvgIpc) is 3.78. The SMILES string of the molecule is COc1ccc(-n2nc(CC(C)C)cc2NC(=O)Nc2cnc(Oc3ccc(-c4cnc(N5CCCC5=O)s4)cc3)nc2)c(F)c1. The van der Waals surface area contributed by atoms with Crippen LogP contribution in [0.1, 0.15) is 32.4 Å². The molecule has 0 aliphatic carbocycles. The molecule has 12 nitrogen and oxygen atoms in total. The maximum atomic E-state index is 14.9. The number of rotatable bonds is 10. The van der Waals surface area contributed by atoms with Crippen molar-refractivity contribution in [1.29, 1.82) is 0 Å². The van der Waals surface area contributed by atoms with Crippen molar-refractivity contribution < 1.29 is 23.5 Å². The van der Waals surface area contributed by atoms with Gasteiger partial charge in [-0.2, -0.15) is 5.10 Å². The van der Waals surface area contributed by atoms with Crippen molar-refractivity contribution in [3.8, 4) is 33.6 Å². The lowest BCUT2D eigenvalue weighted by Crippen LogP contribution is -2.23. The molecule has 6 rings (SSSR count). The van der Waals surface area contributed by atoms with Crippen LogP contribution in [0.2, 0.25) is 0 Å². The molecular weight excluding hydrogens is 611 g/mol. The molecular formula is C32H31FN8O4S. The van der Waals surface area contributed by atoms with Crippen molar-refractivity contribution in [2.75, 3.05) is 29.2 Å². The summed E-state index contributed by atoms with van der Waals surface area (Å²) in [4.78, 5) is 40.4. The van der Waals surface area contributed by atoms with Gasteiger partial charge in [-0.25, -0.2) is 28.8 Å². The second kappa shape index (κ2) is 13.3. The Kier molecular flexibility index (Phi) is 8.88. The lowest BCUT2D eigenvalue weighted by molar-refractivity contribution is -0.117. The summed E-state index contributed by atoms with van der Waals surface area (Å²) < 4.78 is 27.1. The first-order chi connectivity index (χ1) is 22.2. The largest absolute Gasteiger partial charge is 0.497 e. The third-order valence-electron chi connectivity index (χ3n) is 7.03. The highest BCUT2D eigenvalue weighted by Gasteiger charge is 2.24. The molecule has 46 heavy (non-hydrogen) atoms. The summed E-state index contributed by atoms with van der Waals surface area (Å²) in [5.74, 6) is 1.05. The van der Waals surface area contributed by atoms with Crippen molar-refractivity contribution in [3.63, 3.8) is 0 Å². The molecule has 2 N–H and O–H groups in total. The Morgan fingerprint density at radius 1 is 1.02 bits per heavy atom. The molecule has 4 heterocycles. The molecule has 0 spiro atoms. The molecule has 14 heteroatoms. The molecule has 0 unspecified atom stereocenters. The number of benzene rings is 2. The van der Waals surface area contributed by atoms with Crippen LogP contribution in [-0.2, 0) is 11.2 Å². The average molecular weight is 643 g/mol. The predicted octanol–water partition coefficient (Wildman–Crippen LogP) is 6.70. The van der Waals surface area contributed by atoms with Crippen molar-refractivity contribution in [2.45, 2.75) is 33.1 Å². The Morgan fingerprint density at radius 2 is 1.78 bits per heavy atom. The Labute approximate surface area is 268 Å². The van der Waals surface area contributed by atoms with Crippen LogP contribution in [0.5, 0.6) is 17.5 Å². The number of aromatic nitrogens is 5. The number of urea groups is 1. The highest BCUT2D eigenvalue weighted by Crippen LogP contribution is 2.34. The van der Waals surface area contributed by atoms with Gasteiger partial charge in [0.05, 0.1) is 35.8 Å². The lowest BCUT2D eigenvalue weighted by atomic mass is 10.1. The van der Waals surface area contributed by atoms with E-state index in [0.717, 1.165) is 16.9 Å². The Balaban J connectivity index is 1.08. The number of nitrogens with zero attached hydrogens (tertiary/aromatic N) is 6. The summed E-state index contributed by atoms with van der Waals surface area (Å²) in [6, 6.07) is 13.0. The van der Waals surface area contributed by atoms with Gasteiger partial charge in [0.2, 0.25) is 5.91 Å². The lowest BCUT2D eigenvalue weighted by Gasteiger charge is -2.11. The highest BCUT2D eigenvalue weighted by molar-refractivity contribution is 7.19. The van der Waals surface area contributed by atoms with Gasteiger partial charge in [-0.15, -0.1) is 0 Å². The van der Waals surface area contributed by atoms with Gasteiger partial charge in [0, 0.05) is 31.3 Å². The van der Waals surface area contributed by atoms with Gasteiger partial charge >= 0.3 is 12.0 Å². The van der Waals surface area contributed by atoms with Gasteiger partial charge < -0.3 is 14.8 Å². The minimum Gasteiger partial charge on any atom is -0.497 e. The molecule has 3 amide bonds. The predicted molar refractivity (Wildman–Crippen MR) is 173 cm³/mol. The second-order valence-electron chi connectivity index (χ2n) is 11.0. The number of anilines is 3. The number of hydrogen-bond donors (Lipinski definition) is 2. The van der Waals surface area contributed by atoms with E-state index in [2.05, 4.69) is 30.7 Å². The first-order valence-electron chi connectivity index (χ1n) is 14.6. The maximum Gasteiger partial charge on any atom is 0.324 e. The summed E-state index contributed by atoms with van der Waals surface area (Å²) in [7, 11) is 1.46. The minimum absolute atomic E-state index is 0.0951. The molecule has 1 fully saturated rings. The first-order valence-corrected chi connectivity index (χ1v) is 15.4. The standard InChI is InChI=1S/C32H31FN8O4S/c1-19(2)13-21-14-28(41(39-21)26-11-10-24(44-3)15-25(26)33)38-30(43)37-22-16-34-31(35-17-22)45-23-8-6-20(7-9-23)27-18-36-32(46-27)40-12-4-5-29(40)42/h6-11,14-19H,4-5,12-13H2,1-3H3,(H2,37,38,43). The number of carbonyl (C=O) groups is 2. The number of amides is 3. The van der Waals surface area contributed by atoms with E-state index < -0.39 is 11.8 Å². The summed E-state index contributed by atoms with van der Waals surface area (Å²) in [5, 5.41) is 10.7. The van der Waals surface area contributed by atoms with Crippen molar-refractivity contribution in [3.05, 3.63) is 78.6 Å². The van der Waals surface area contributed by atoms with Crippen LogP contribution in [0.25, 0.3) is 16.1 Å². The number of thiazole rings is 1. The Bertz CT molecular complexity index is 1860. The van der Waals surface area contributed by atoms with E-state index in [1.165, 1.54) is 47.7 Å². The molecule has 0 atom stereocenters. The zero-order valence-electron chi connectivity index (χ0n) is 25.4. The van der Waals surface area contributed by atoms with Crippen LogP contribution in [0.4, 0.5) is 25.8 Å². The number of nitrogens with one attached hydrogen (secondary N) is 2. The van der Waals surface area contributed by atoms with Crippen molar-refractivity contribution >= 4 is 39.9 Å². The molecule has 2 aromatic carbocycles. The van der Waals surface area contributed by atoms with Crippen LogP contribution in [-0.4, -0.2) is 50.3 Å². The second-order valence-corrected chi connectivity index (χ2v) is 12.0. The number of halogens is 1. The minimum atomic E-state index is -0.584. The molecule has 5 aromatic rings. The van der Waals surface area contributed by atoms with E-state index in [-0.39, 0.29) is 17.6 Å². The van der Waals surface area contributed by atoms with Gasteiger partial charge in [-0.1, -0.05) is 25.2 Å². The number of hydrogen-bond acceptors (Lipinski definition) is 9. The summed E-state index contributed by atoms with van der Waals surface area (Å²) in [5.41, 5.74) is 2.14. The molecule has 1 aliphatic rings. The number of methoxy groups -OCH3 is 1. The molecule has 0 bridgehead atoms. The van der Waals surface area contributed by atoms with Crippen molar-refractivity contribution in [1.82, 2.24) is 24.7 Å². The Hall–Kier alpha value is -5.37. The third kappa shape index (κ3) is 6.96. The fourth-order valence-electron chi connectivity index (χ4n) is 4.89. The van der Waals surface area contributed by atoms with Gasteiger partial charge in [0.25, 0.3) is 0 Å². The molecule has 0 saturated carbocycles. The molecule has 0 radical (unpaired) electrons. The number of carbonyl (C=O) groups excluding carboxylic acids is 2. The van der Waals surface area contributed by atoms with Gasteiger partial charge in [-0.05, 0) is 60.7 Å². The molecule has 3 aromatic heterocycles. The van der Waals surface area contributed by atoms with E-state index in [1.54, 1.807) is 35.4 Å². The zero-order valence-corrected chi connectivity index (χ0v) is 26.2. The normalized spacial score (nSPS) is 12.9. The van der Waals surface area contributed by atoms with E-state index in [4.69, 9.17) is 9.47 Å². The monoisotopic (exact) mass is 642 g/mol. The quantitative estimate of drug-likeness (QED) is 0.172. The first kappa shape index (κ1) is 30.6. The van der Waals surface area contributed by atoms with E-state index in [9.17, 15) is 14.0 Å².